The van der Waals surface area contributed by atoms with E-state index in [2.05, 4.69) is 37.7 Å². The molecule has 0 aromatic carbocycles. The molecule has 12 heteroatoms. The highest BCUT2D eigenvalue weighted by Gasteiger charge is 2.27. The third-order valence-corrected chi connectivity index (χ3v) is 6.36. The Hall–Kier alpha value is -2.92. The Bertz CT molecular complexity index is 1010. The Morgan fingerprint density at radius 1 is 1.34 bits per heavy atom. The number of fused-ring (bicyclic) bond motifs is 1. The van der Waals surface area contributed by atoms with Crippen molar-refractivity contribution in [3.05, 3.63) is 18.6 Å². The Labute approximate surface area is 211 Å². The van der Waals surface area contributed by atoms with Gasteiger partial charge in [0, 0.05) is 25.8 Å². The number of methoxy groups -OCH3 is 1. The zero-order chi connectivity index (χ0) is 24.7. The van der Waals surface area contributed by atoms with E-state index >= 15 is 0 Å². The summed E-state index contributed by atoms with van der Waals surface area (Å²) in [6, 6.07) is 0.862. The number of aromatic nitrogens is 3. The van der Waals surface area contributed by atoms with Crippen LogP contribution in [0.2, 0.25) is 0 Å². The smallest absolute Gasteiger partial charge is 0.328 e. The Morgan fingerprint density at radius 2 is 2.11 bits per heavy atom. The number of ether oxygens (including phenoxy) is 1. The summed E-state index contributed by atoms with van der Waals surface area (Å²) in [5.41, 5.74) is 0.460. The van der Waals surface area contributed by atoms with Gasteiger partial charge in [0.1, 0.15) is 18.2 Å². The van der Waals surface area contributed by atoms with Crippen molar-refractivity contribution in [1.29, 1.82) is 0 Å². The van der Waals surface area contributed by atoms with Gasteiger partial charge in [0.25, 0.3) is 0 Å². The fourth-order valence-corrected chi connectivity index (χ4v) is 4.32. The van der Waals surface area contributed by atoms with Crippen LogP contribution in [-0.2, 0) is 14.3 Å². The van der Waals surface area contributed by atoms with Gasteiger partial charge in [-0.1, -0.05) is 26.7 Å². The van der Waals surface area contributed by atoms with E-state index in [0.717, 1.165) is 43.6 Å². The number of esters is 1. The minimum Gasteiger partial charge on any atom is -0.467 e. The van der Waals surface area contributed by atoms with E-state index in [-0.39, 0.29) is 25.0 Å². The maximum atomic E-state index is 12.8. The molecule has 0 bridgehead atoms. The zero-order valence-corrected chi connectivity index (χ0v) is 21.6. The van der Waals surface area contributed by atoms with Crippen LogP contribution in [0.25, 0.3) is 11.0 Å². The first-order valence-corrected chi connectivity index (χ1v) is 11.8. The molecule has 0 radical (unpaired) electrons. The number of rotatable bonds is 9. The van der Waals surface area contributed by atoms with E-state index in [9.17, 15) is 14.4 Å². The number of nitrogens with one attached hydrogen (secondary N) is 3. The summed E-state index contributed by atoms with van der Waals surface area (Å²) >= 11 is 0. The highest BCUT2D eigenvalue weighted by atomic mass is 35.5. The van der Waals surface area contributed by atoms with Gasteiger partial charge in [0.05, 0.1) is 19.0 Å². The van der Waals surface area contributed by atoms with Crippen LogP contribution in [0.15, 0.2) is 18.6 Å². The number of halogens is 1. The summed E-state index contributed by atoms with van der Waals surface area (Å²) in [5, 5.41) is 9.41. The molecular formula is C23H36ClN7O4. The minimum atomic E-state index is -0.732. The Balaban J connectivity index is 0.00000432. The predicted molar refractivity (Wildman–Crippen MR) is 136 cm³/mol. The van der Waals surface area contributed by atoms with Crippen LogP contribution in [0, 0.1) is 5.92 Å². The third-order valence-electron chi connectivity index (χ3n) is 6.36. The molecule has 3 rings (SSSR count). The molecule has 2 aromatic rings. The van der Waals surface area contributed by atoms with Crippen molar-refractivity contribution in [3.63, 3.8) is 0 Å². The number of unbranched alkanes of at least 4 members (excludes halogenated alkanes) is 1. The number of carbonyl (C=O) groups excluding carboxylic acids is 3. The number of anilines is 1. The van der Waals surface area contributed by atoms with Crippen LogP contribution < -0.4 is 20.9 Å². The predicted octanol–water partition coefficient (Wildman–Crippen LogP) is 1.69. The molecule has 1 fully saturated rings. The van der Waals surface area contributed by atoms with Crippen LogP contribution in [0.3, 0.4) is 0 Å². The molecule has 2 amide bonds. The summed E-state index contributed by atoms with van der Waals surface area (Å²) < 4.78 is 6.12. The maximum absolute atomic E-state index is 12.8. The standard InChI is InChI=1S/C23H35N7O4.ClH/c1-5-6-7-17(22(32)34-4)28-19(31)13-25-23(33)30-11-9-16-20(26-14-27-21(16)30)29(3)18-12-24-10-8-15(18)2;/h9,11,14-15,17-18,24H,5-8,10,12-13H2,1-4H3,(H,25,33)(H,28,31);1H/t15-,17?,18+;/m1./s1. The molecule has 0 aliphatic carbocycles. The van der Waals surface area contributed by atoms with Gasteiger partial charge in [0.15, 0.2) is 5.65 Å². The summed E-state index contributed by atoms with van der Waals surface area (Å²) in [4.78, 5) is 48.0. The molecule has 2 aromatic heterocycles. The fraction of sp³-hybridized carbons (Fsp3) is 0.609. The SMILES string of the molecule is CCCCC(NC(=O)CNC(=O)n1ccc2c(N(C)[C@H]3CNCC[C@H]3C)ncnc21)C(=O)OC.Cl. The van der Waals surface area contributed by atoms with Crippen molar-refractivity contribution in [3.8, 4) is 0 Å². The van der Waals surface area contributed by atoms with Gasteiger partial charge in [-0.3, -0.25) is 9.36 Å². The van der Waals surface area contributed by atoms with E-state index in [1.165, 1.54) is 18.0 Å². The van der Waals surface area contributed by atoms with E-state index in [0.29, 0.717) is 18.0 Å². The second-order valence-corrected chi connectivity index (χ2v) is 8.71. The number of nitrogens with zero attached hydrogens (tertiary/aromatic N) is 4. The number of carbonyl (C=O) groups is 3. The number of likely N-dealkylation sites (N-methyl/N-ethyl adjacent to an activating group) is 1. The summed E-state index contributed by atoms with van der Waals surface area (Å²) in [6.07, 6.45) is 6.28. The Kier molecular flexibility index (Phi) is 10.7. The van der Waals surface area contributed by atoms with E-state index in [1.54, 1.807) is 12.3 Å². The lowest BCUT2D eigenvalue weighted by Gasteiger charge is -2.37. The molecule has 1 saturated heterocycles. The molecule has 3 N–H and O–H groups in total. The molecule has 194 valence electrons. The third kappa shape index (κ3) is 6.82. The van der Waals surface area contributed by atoms with Gasteiger partial charge in [-0.15, -0.1) is 12.4 Å². The second-order valence-electron chi connectivity index (χ2n) is 8.71. The van der Waals surface area contributed by atoms with Gasteiger partial charge in [-0.2, -0.15) is 0 Å². The number of piperidine rings is 1. The molecule has 1 aliphatic heterocycles. The first kappa shape index (κ1) is 28.3. The monoisotopic (exact) mass is 509 g/mol. The summed E-state index contributed by atoms with van der Waals surface area (Å²) in [7, 11) is 3.29. The molecule has 3 atom stereocenters. The average molecular weight is 510 g/mol. The highest BCUT2D eigenvalue weighted by Crippen LogP contribution is 2.27. The van der Waals surface area contributed by atoms with Crippen LogP contribution in [0.1, 0.15) is 39.5 Å². The van der Waals surface area contributed by atoms with E-state index in [4.69, 9.17) is 4.74 Å². The topological polar surface area (TPSA) is 130 Å². The molecule has 11 nitrogen and oxygen atoms in total. The summed E-state index contributed by atoms with van der Waals surface area (Å²) in [6.45, 7) is 5.83. The van der Waals surface area contributed by atoms with Crippen LogP contribution in [-0.4, -0.2) is 78.3 Å². The largest absolute Gasteiger partial charge is 0.467 e. The first-order chi connectivity index (χ1) is 16.4. The average Bonchev–Trinajstić information content (AvgIpc) is 3.29. The number of hydrogen-bond donors (Lipinski definition) is 3. The first-order valence-electron chi connectivity index (χ1n) is 11.8. The molecule has 1 unspecified atom stereocenters. The minimum absolute atomic E-state index is 0. The van der Waals surface area contributed by atoms with Crippen molar-refractivity contribution in [2.45, 2.75) is 51.6 Å². The number of amides is 2. The lowest BCUT2D eigenvalue weighted by atomic mass is 9.93. The highest BCUT2D eigenvalue weighted by molar-refractivity contribution is 5.96. The molecular weight excluding hydrogens is 474 g/mol. The van der Waals surface area contributed by atoms with Gasteiger partial charge >= 0.3 is 12.0 Å². The second kappa shape index (κ2) is 13.2. The molecule has 3 heterocycles. The molecule has 1 aliphatic rings. The Morgan fingerprint density at radius 3 is 2.80 bits per heavy atom. The van der Waals surface area contributed by atoms with Crippen LogP contribution in [0.4, 0.5) is 10.6 Å². The van der Waals surface area contributed by atoms with Gasteiger partial charge in [0.2, 0.25) is 5.91 Å². The van der Waals surface area contributed by atoms with Crippen molar-refractivity contribution in [1.82, 2.24) is 30.5 Å². The van der Waals surface area contributed by atoms with Gasteiger partial charge in [-0.25, -0.2) is 19.6 Å². The normalized spacial score (nSPS) is 18.3. The van der Waals surface area contributed by atoms with Crippen LogP contribution >= 0.6 is 12.4 Å². The molecule has 0 spiro atoms. The van der Waals surface area contributed by atoms with E-state index in [1.807, 2.05) is 14.0 Å². The van der Waals surface area contributed by atoms with E-state index < -0.39 is 23.9 Å². The lowest BCUT2D eigenvalue weighted by Crippen LogP contribution is -2.49. The zero-order valence-electron chi connectivity index (χ0n) is 20.7. The lowest BCUT2D eigenvalue weighted by molar-refractivity contribution is -0.145. The van der Waals surface area contributed by atoms with Gasteiger partial charge in [-0.05, 0) is 31.4 Å². The van der Waals surface area contributed by atoms with Crippen molar-refractivity contribution in [2.24, 2.45) is 5.92 Å². The summed E-state index contributed by atoms with van der Waals surface area (Å²) in [5.74, 6) is 0.295. The van der Waals surface area contributed by atoms with Gasteiger partial charge < -0.3 is 25.6 Å². The fourth-order valence-electron chi connectivity index (χ4n) is 4.32. The van der Waals surface area contributed by atoms with Crippen molar-refractivity contribution >= 4 is 47.2 Å². The quantitative estimate of drug-likeness (QED) is 0.435. The van der Waals surface area contributed by atoms with Crippen molar-refractivity contribution < 1.29 is 19.1 Å². The molecule has 0 saturated carbocycles. The number of hydrogen-bond acceptors (Lipinski definition) is 8. The molecule has 35 heavy (non-hydrogen) atoms. The van der Waals surface area contributed by atoms with Crippen LogP contribution in [0.5, 0.6) is 0 Å². The maximum Gasteiger partial charge on any atom is 0.328 e. The van der Waals surface area contributed by atoms with Crippen molar-refractivity contribution in [2.75, 3.05) is 38.7 Å².